The van der Waals surface area contributed by atoms with E-state index in [0.29, 0.717) is 5.69 Å². The van der Waals surface area contributed by atoms with Crippen LogP contribution in [0.5, 0.6) is 0 Å². The first-order valence-electron chi connectivity index (χ1n) is 7.93. The van der Waals surface area contributed by atoms with Crippen molar-refractivity contribution in [3.63, 3.8) is 0 Å². The average molecular weight is 329 g/mol. The smallest absolute Gasteiger partial charge is 0.328 e. The lowest BCUT2D eigenvalue weighted by Crippen LogP contribution is -2.45. The van der Waals surface area contributed by atoms with Gasteiger partial charge in [0.1, 0.15) is 6.04 Å². The summed E-state index contributed by atoms with van der Waals surface area (Å²) in [5.74, 6) is -0.816. The zero-order valence-electron chi connectivity index (χ0n) is 14.4. The predicted molar refractivity (Wildman–Crippen MR) is 93.9 cm³/mol. The molecule has 1 N–H and O–H groups in total. The fourth-order valence-electron chi connectivity index (χ4n) is 2.85. The second kappa shape index (κ2) is 7.45. The topological polar surface area (TPSA) is 66.8 Å². The maximum atomic E-state index is 12.8. The van der Waals surface area contributed by atoms with Gasteiger partial charge in [0, 0.05) is 5.39 Å². The number of hydrogen-bond acceptors (Lipinski definition) is 4. The van der Waals surface area contributed by atoms with Crippen LogP contribution in [0.4, 0.5) is 5.69 Å². The third-order valence-corrected chi connectivity index (χ3v) is 4.01. The van der Waals surface area contributed by atoms with Gasteiger partial charge in [-0.1, -0.05) is 36.4 Å². The third-order valence-electron chi connectivity index (χ3n) is 4.01. The van der Waals surface area contributed by atoms with Gasteiger partial charge in [-0.05, 0) is 31.7 Å². The molecule has 0 aromatic heterocycles. The molecule has 0 saturated heterocycles. The van der Waals surface area contributed by atoms with Crippen molar-refractivity contribution < 1.29 is 19.4 Å². The molecule has 0 spiro atoms. The van der Waals surface area contributed by atoms with Crippen molar-refractivity contribution in [2.24, 2.45) is 0 Å². The van der Waals surface area contributed by atoms with E-state index < -0.39 is 18.1 Å². The molecule has 0 bridgehead atoms. The van der Waals surface area contributed by atoms with Crippen molar-refractivity contribution in [3.8, 4) is 0 Å². The number of amides is 1. The molecule has 1 amide bonds. The number of esters is 1. The lowest BCUT2D eigenvalue weighted by molar-refractivity contribution is -0.143. The van der Waals surface area contributed by atoms with Crippen LogP contribution in [0.15, 0.2) is 36.4 Å². The molecule has 0 aliphatic carbocycles. The summed E-state index contributed by atoms with van der Waals surface area (Å²) in [6, 6.07) is 10.8. The molecule has 24 heavy (non-hydrogen) atoms. The Morgan fingerprint density at radius 2 is 1.83 bits per heavy atom. The van der Waals surface area contributed by atoms with Crippen LogP contribution >= 0.6 is 0 Å². The van der Waals surface area contributed by atoms with Crippen LogP contribution in [-0.2, 0) is 14.3 Å². The Hall–Kier alpha value is -2.40. The monoisotopic (exact) mass is 329 g/mol. The highest BCUT2D eigenvalue weighted by Gasteiger charge is 2.30. The molecule has 0 heterocycles. The van der Waals surface area contributed by atoms with Crippen LogP contribution in [0.3, 0.4) is 0 Å². The number of anilines is 1. The largest absolute Gasteiger partial charge is 0.467 e. The molecule has 0 aliphatic heterocycles. The zero-order chi connectivity index (χ0) is 17.9. The lowest BCUT2D eigenvalue weighted by atomic mass is 10.0. The molecule has 5 nitrogen and oxygen atoms in total. The molecular formula is C19H23NO4. The molecule has 1 unspecified atom stereocenters. The molecule has 2 rings (SSSR count). The summed E-state index contributed by atoms with van der Waals surface area (Å²) in [6.07, 6.45) is -0.857. The number of benzene rings is 2. The van der Waals surface area contributed by atoms with Crippen molar-refractivity contribution in [2.45, 2.75) is 39.3 Å². The van der Waals surface area contributed by atoms with Crippen molar-refractivity contribution in [1.82, 2.24) is 0 Å². The minimum Gasteiger partial charge on any atom is -0.467 e. The molecule has 0 aliphatic rings. The van der Waals surface area contributed by atoms with Crippen LogP contribution < -0.4 is 4.90 Å². The molecule has 5 heteroatoms. The van der Waals surface area contributed by atoms with Gasteiger partial charge < -0.3 is 9.84 Å². The van der Waals surface area contributed by atoms with E-state index in [0.717, 1.165) is 16.3 Å². The lowest BCUT2D eigenvalue weighted by Gasteiger charge is -2.30. The standard InChI is InChI=1S/C19H23NO4/c1-12-9-10-15-7-5-6-8-16(15)18(12)20(14(3)19(23)24-4)17(22)11-13(2)21/h5-10,13-14,21H,11H2,1-4H3/t13?,14-/m0/s1. The van der Waals surface area contributed by atoms with Crippen LogP contribution in [0.1, 0.15) is 25.8 Å². The summed E-state index contributed by atoms with van der Waals surface area (Å²) in [4.78, 5) is 26.3. The summed E-state index contributed by atoms with van der Waals surface area (Å²) in [5, 5.41) is 11.5. The molecule has 2 atom stereocenters. The Balaban J connectivity index is 2.65. The number of fused-ring (bicyclic) bond motifs is 1. The number of aliphatic hydroxyl groups excluding tert-OH is 1. The van der Waals surface area contributed by atoms with Crippen LogP contribution in [0, 0.1) is 6.92 Å². The van der Waals surface area contributed by atoms with E-state index >= 15 is 0 Å². The van der Waals surface area contributed by atoms with E-state index in [4.69, 9.17) is 4.74 Å². The highest BCUT2D eigenvalue weighted by molar-refractivity contribution is 6.08. The predicted octanol–water partition coefficient (Wildman–Crippen LogP) is 2.81. The minimum atomic E-state index is -0.792. The van der Waals surface area contributed by atoms with Gasteiger partial charge in [-0.3, -0.25) is 9.69 Å². The van der Waals surface area contributed by atoms with Gasteiger partial charge in [0.15, 0.2) is 0 Å². The third kappa shape index (κ3) is 3.57. The van der Waals surface area contributed by atoms with E-state index in [1.54, 1.807) is 13.8 Å². The maximum Gasteiger partial charge on any atom is 0.328 e. The number of rotatable bonds is 5. The van der Waals surface area contributed by atoms with Gasteiger partial charge in [0.05, 0.1) is 25.3 Å². The van der Waals surface area contributed by atoms with Crippen molar-refractivity contribution in [1.29, 1.82) is 0 Å². The Morgan fingerprint density at radius 1 is 1.17 bits per heavy atom. The van der Waals surface area contributed by atoms with E-state index in [-0.39, 0.29) is 12.3 Å². The van der Waals surface area contributed by atoms with Crippen molar-refractivity contribution >= 4 is 28.3 Å². The van der Waals surface area contributed by atoms with E-state index in [9.17, 15) is 14.7 Å². The highest BCUT2D eigenvalue weighted by atomic mass is 16.5. The van der Waals surface area contributed by atoms with Gasteiger partial charge in [-0.2, -0.15) is 0 Å². The summed E-state index contributed by atoms with van der Waals surface area (Å²) in [6.45, 7) is 5.08. The Morgan fingerprint density at radius 3 is 2.46 bits per heavy atom. The number of carbonyl (C=O) groups excluding carboxylic acids is 2. The molecule has 0 radical (unpaired) electrons. The maximum absolute atomic E-state index is 12.8. The van der Waals surface area contributed by atoms with Gasteiger partial charge in [-0.25, -0.2) is 4.79 Å². The normalized spacial score (nSPS) is 13.4. The number of carbonyl (C=O) groups is 2. The number of aryl methyl sites for hydroxylation is 1. The second-order valence-electron chi connectivity index (χ2n) is 5.97. The summed E-state index contributed by atoms with van der Waals surface area (Å²) in [7, 11) is 1.30. The molecular weight excluding hydrogens is 306 g/mol. The number of aliphatic hydroxyl groups is 1. The van der Waals surface area contributed by atoms with Crippen LogP contribution in [0.25, 0.3) is 10.8 Å². The number of methoxy groups -OCH3 is 1. The van der Waals surface area contributed by atoms with Crippen LogP contribution in [0.2, 0.25) is 0 Å². The molecule has 128 valence electrons. The molecule has 2 aromatic rings. The highest BCUT2D eigenvalue weighted by Crippen LogP contribution is 2.32. The Kier molecular flexibility index (Phi) is 5.57. The van der Waals surface area contributed by atoms with Crippen molar-refractivity contribution in [3.05, 3.63) is 42.0 Å². The van der Waals surface area contributed by atoms with Gasteiger partial charge in [0.25, 0.3) is 0 Å². The zero-order valence-corrected chi connectivity index (χ0v) is 14.4. The first-order valence-corrected chi connectivity index (χ1v) is 7.93. The first kappa shape index (κ1) is 17.9. The summed E-state index contributed by atoms with van der Waals surface area (Å²) >= 11 is 0. The Labute approximate surface area is 141 Å². The number of hydrogen-bond donors (Lipinski definition) is 1. The van der Waals surface area contributed by atoms with E-state index in [2.05, 4.69) is 0 Å². The van der Waals surface area contributed by atoms with Gasteiger partial charge in [-0.15, -0.1) is 0 Å². The fraction of sp³-hybridized carbons (Fsp3) is 0.368. The van der Waals surface area contributed by atoms with Gasteiger partial charge >= 0.3 is 5.97 Å². The van der Waals surface area contributed by atoms with Gasteiger partial charge in [0.2, 0.25) is 5.91 Å². The summed E-state index contributed by atoms with van der Waals surface area (Å²) < 4.78 is 4.83. The summed E-state index contributed by atoms with van der Waals surface area (Å²) in [5.41, 5.74) is 1.56. The molecule has 0 fully saturated rings. The Bertz CT molecular complexity index is 754. The SMILES string of the molecule is COC(=O)[C@H](C)N(C(=O)CC(C)O)c1c(C)ccc2ccccc12. The molecule has 2 aromatic carbocycles. The van der Waals surface area contributed by atoms with E-state index in [1.165, 1.54) is 12.0 Å². The second-order valence-corrected chi connectivity index (χ2v) is 5.97. The average Bonchev–Trinajstić information content (AvgIpc) is 2.55. The fourth-order valence-corrected chi connectivity index (χ4v) is 2.85. The quantitative estimate of drug-likeness (QED) is 0.857. The first-order chi connectivity index (χ1) is 11.4. The number of nitrogens with zero attached hydrogens (tertiary/aromatic N) is 1. The number of ether oxygens (including phenoxy) is 1. The van der Waals surface area contributed by atoms with Crippen LogP contribution in [-0.4, -0.2) is 36.2 Å². The van der Waals surface area contributed by atoms with E-state index in [1.807, 2.05) is 43.3 Å². The molecule has 0 saturated carbocycles. The van der Waals surface area contributed by atoms with Crippen molar-refractivity contribution in [2.75, 3.05) is 12.0 Å². The minimum absolute atomic E-state index is 0.0655.